The fourth-order valence-electron chi connectivity index (χ4n) is 1.16. The highest BCUT2D eigenvalue weighted by atomic mass is 35.5. The lowest BCUT2D eigenvalue weighted by Gasteiger charge is -2.03. The van der Waals surface area contributed by atoms with Crippen molar-refractivity contribution in [2.45, 2.75) is 38.5 Å². The van der Waals surface area contributed by atoms with Crippen LogP contribution < -0.4 is 0 Å². The fourth-order valence-corrected chi connectivity index (χ4v) is 1.22. The molecular weight excluding hydrogens is 216 g/mol. The van der Waals surface area contributed by atoms with Gasteiger partial charge in [0.1, 0.15) is 5.03 Å². The first kappa shape index (κ1) is 14.5. The van der Waals surface area contributed by atoms with E-state index >= 15 is 0 Å². The van der Waals surface area contributed by atoms with Crippen molar-refractivity contribution >= 4 is 17.6 Å². The maximum absolute atomic E-state index is 10.8. The van der Waals surface area contributed by atoms with E-state index in [2.05, 4.69) is 6.58 Å². The van der Waals surface area contributed by atoms with Crippen LogP contribution in [0.1, 0.15) is 38.5 Å². The zero-order valence-electron chi connectivity index (χ0n) is 9.01. The van der Waals surface area contributed by atoms with Crippen LogP contribution in [0.5, 0.6) is 0 Å². The molecule has 15 heavy (non-hydrogen) atoms. The number of carbonyl (C=O) groups is 1. The van der Waals surface area contributed by atoms with Gasteiger partial charge >= 0.3 is 5.97 Å². The van der Waals surface area contributed by atoms with E-state index in [1.165, 1.54) is 0 Å². The molecular formula is C11H19ClO3. The lowest BCUT2D eigenvalue weighted by Crippen LogP contribution is -2.04. The number of hydrogen-bond acceptors (Lipinski definition) is 3. The van der Waals surface area contributed by atoms with E-state index in [0.717, 1.165) is 38.5 Å². The van der Waals surface area contributed by atoms with Gasteiger partial charge in [0.2, 0.25) is 0 Å². The normalized spacial score (nSPS) is 10.0. The SMILES string of the molecule is C=C(Cl)C(=O)OCCCCCCCCO. The molecule has 0 atom stereocenters. The summed E-state index contributed by atoms with van der Waals surface area (Å²) in [5.41, 5.74) is 0. The molecule has 0 amide bonds. The molecule has 0 bridgehead atoms. The molecule has 0 aromatic rings. The highest BCUT2D eigenvalue weighted by Gasteiger charge is 2.03. The molecule has 0 heterocycles. The fraction of sp³-hybridized carbons (Fsp3) is 0.727. The Hall–Kier alpha value is -0.540. The van der Waals surface area contributed by atoms with Crippen molar-refractivity contribution in [2.75, 3.05) is 13.2 Å². The number of rotatable bonds is 9. The highest BCUT2D eigenvalue weighted by Crippen LogP contribution is 2.06. The Kier molecular flexibility index (Phi) is 9.63. The van der Waals surface area contributed by atoms with E-state index in [1.54, 1.807) is 0 Å². The molecule has 4 heteroatoms. The maximum atomic E-state index is 10.8. The second kappa shape index (κ2) is 9.99. The molecule has 0 fully saturated rings. The summed E-state index contributed by atoms with van der Waals surface area (Å²) in [7, 11) is 0. The molecule has 0 saturated carbocycles. The largest absolute Gasteiger partial charge is 0.461 e. The Morgan fingerprint density at radius 3 is 2.20 bits per heavy atom. The van der Waals surface area contributed by atoms with E-state index in [0.29, 0.717) is 6.61 Å². The van der Waals surface area contributed by atoms with Gasteiger partial charge in [0, 0.05) is 6.61 Å². The zero-order chi connectivity index (χ0) is 11.5. The van der Waals surface area contributed by atoms with Gasteiger partial charge in [-0.1, -0.05) is 43.9 Å². The Balaban J connectivity index is 3.11. The zero-order valence-corrected chi connectivity index (χ0v) is 9.76. The number of hydrogen-bond donors (Lipinski definition) is 1. The third kappa shape index (κ3) is 9.76. The summed E-state index contributed by atoms with van der Waals surface area (Å²) >= 11 is 5.33. The van der Waals surface area contributed by atoms with Gasteiger partial charge < -0.3 is 9.84 Å². The van der Waals surface area contributed by atoms with Gasteiger partial charge in [-0.05, 0) is 12.8 Å². The van der Waals surface area contributed by atoms with Crippen molar-refractivity contribution in [2.24, 2.45) is 0 Å². The van der Waals surface area contributed by atoms with Gasteiger partial charge in [-0.25, -0.2) is 4.79 Å². The first-order valence-corrected chi connectivity index (χ1v) is 5.68. The molecule has 0 saturated heterocycles. The summed E-state index contributed by atoms with van der Waals surface area (Å²) in [6, 6.07) is 0. The van der Waals surface area contributed by atoms with Crippen LogP contribution >= 0.6 is 11.6 Å². The van der Waals surface area contributed by atoms with Crippen LogP contribution in [0.2, 0.25) is 0 Å². The van der Waals surface area contributed by atoms with Crippen molar-refractivity contribution < 1.29 is 14.6 Å². The summed E-state index contributed by atoms with van der Waals surface area (Å²) < 4.78 is 4.82. The number of carbonyl (C=O) groups excluding carboxylic acids is 1. The Morgan fingerprint density at radius 1 is 1.13 bits per heavy atom. The summed E-state index contributed by atoms with van der Waals surface area (Å²) in [6.07, 6.45) is 6.06. The number of halogens is 1. The minimum absolute atomic E-state index is 0.0713. The van der Waals surface area contributed by atoms with E-state index in [4.69, 9.17) is 21.4 Å². The van der Waals surface area contributed by atoms with E-state index in [9.17, 15) is 4.79 Å². The summed E-state index contributed by atoms with van der Waals surface area (Å²) in [5, 5.41) is 8.47. The molecule has 0 aliphatic heterocycles. The van der Waals surface area contributed by atoms with Crippen molar-refractivity contribution in [3.05, 3.63) is 11.6 Å². The average molecular weight is 235 g/mol. The molecule has 0 rings (SSSR count). The van der Waals surface area contributed by atoms with Crippen LogP contribution in [0.3, 0.4) is 0 Å². The molecule has 0 aliphatic carbocycles. The number of aliphatic hydroxyl groups is 1. The first-order chi connectivity index (χ1) is 7.18. The Bertz CT molecular complexity index is 192. The lowest BCUT2D eigenvalue weighted by molar-refractivity contribution is -0.138. The minimum Gasteiger partial charge on any atom is -0.461 e. The second-order valence-electron chi connectivity index (χ2n) is 3.39. The van der Waals surface area contributed by atoms with Crippen molar-refractivity contribution in [1.82, 2.24) is 0 Å². The van der Waals surface area contributed by atoms with Crippen molar-refractivity contribution in [3.63, 3.8) is 0 Å². The summed E-state index contributed by atoms with van der Waals surface area (Å²) in [4.78, 5) is 10.8. The van der Waals surface area contributed by atoms with E-state index in [1.807, 2.05) is 0 Å². The van der Waals surface area contributed by atoms with Gasteiger partial charge in [-0.3, -0.25) is 0 Å². The maximum Gasteiger partial charge on any atom is 0.349 e. The summed E-state index contributed by atoms with van der Waals surface area (Å²) in [5.74, 6) is -0.531. The monoisotopic (exact) mass is 234 g/mol. The standard InChI is InChI=1S/C11H19ClO3/c1-10(12)11(14)15-9-7-5-3-2-4-6-8-13/h13H,1-9H2. The topological polar surface area (TPSA) is 46.5 Å². The van der Waals surface area contributed by atoms with E-state index in [-0.39, 0.29) is 11.6 Å². The van der Waals surface area contributed by atoms with Crippen LogP contribution in [0.25, 0.3) is 0 Å². The number of aliphatic hydroxyl groups excluding tert-OH is 1. The van der Waals surface area contributed by atoms with Crippen molar-refractivity contribution in [3.8, 4) is 0 Å². The van der Waals surface area contributed by atoms with Crippen LogP contribution in [0.4, 0.5) is 0 Å². The van der Waals surface area contributed by atoms with Gasteiger partial charge in [-0.15, -0.1) is 0 Å². The molecule has 0 aliphatic rings. The molecule has 1 N–H and O–H groups in total. The predicted octanol–water partition coefficient (Wildman–Crippen LogP) is 2.62. The Labute approximate surface area is 96.1 Å². The molecule has 0 unspecified atom stereocenters. The predicted molar refractivity (Wildman–Crippen MR) is 60.7 cm³/mol. The highest BCUT2D eigenvalue weighted by molar-refractivity contribution is 6.40. The minimum atomic E-state index is -0.531. The Morgan fingerprint density at radius 2 is 1.67 bits per heavy atom. The van der Waals surface area contributed by atoms with Crippen LogP contribution in [0.15, 0.2) is 11.6 Å². The number of esters is 1. The average Bonchev–Trinajstić information content (AvgIpc) is 2.21. The molecule has 88 valence electrons. The third-order valence-corrected chi connectivity index (χ3v) is 2.16. The first-order valence-electron chi connectivity index (χ1n) is 5.31. The number of unbranched alkanes of at least 4 members (excludes halogenated alkanes) is 5. The molecule has 0 radical (unpaired) electrons. The van der Waals surface area contributed by atoms with Gasteiger partial charge in [0.25, 0.3) is 0 Å². The molecule has 0 aromatic heterocycles. The van der Waals surface area contributed by atoms with Gasteiger partial charge in [-0.2, -0.15) is 0 Å². The van der Waals surface area contributed by atoms with Crippen molar-refractivity contribution in [1.29, 1.82) is 0 Å². The molecule has 0 spiro atoms. The third-order valence-electron chi connectivity index (χ3n) is 2.01. The number of ether oxygens (including phenoxy) is 1. The van der Waals surface area contributed by atoms with Gasteiger partial charge in [0.15, 0.2) is 0 Å². The lowest BCUT2D eigenvalue weighted by atomic mass is 10.1. The molecule has 0 aromatic carbocycles. The van der Waals surface area contributed by atoms with Crippen LogP contribution in [-0.2, 0) is 9.53 Å². The van der Waals surface area contributed by atoms with E-state index < -0.39 is 5.97 Å². The molecule has 3 nitrogen and oxygen atoms in total. The summed E-state index contributed by atoms with van der Waals surface area (Å²) in [6.45, 7) is 3.95. The van der Waals surface area contributed by atoms with Crippen LogP contribution in [-0.4, -0.2) is 24.3 Å². The quantitative estimate of drug-likeness (QED) is 0.379. The van der Waals surface area contributed by atoms with Crippen LogP contribution in [0, 0.1) is 0 Å². The second-order valence-corrected chi connectivity index (χ2v) is 3.84. The smallest absolute Gasteiger partial charge is 0.349 e. The van der Waals surface area contributed by atoms with Gasteiger partial charge in [0.05, 0.1) is 6.61 Å².